The van der Waals surface area contributed by atoms with Crippen molar-refractivity contribution in [2.75, 3.05) is 11.9 Å². The first-order chi connectivity index (χ1) is 7.15. The van der Waals surface area contributed by atoms with E-state index in [4.69, 9.17) is 5.73 Å². The number of hydrogen-bond donors (Lipinski definition) is 1. The van der Waals surface area contributed by atoms with Crippen LogP contribution in [0.4, 0.5) is 14.5 Å². The lowest BCUT2D eigenvalue weighted by Gasteiger charge is -2.20. The van der Waals surface area contributed by atoms with Crippen LogP contribution < -0.4 is 10.6 Å². The van der Waals surface area contributed by atoms with Crippen molar-refractivity contribution in [1.29, 1.82) is 0 Å². The molecule has 1 aliphatic carbocycles. The summed E-state index contributed by atoms with van der Waals surface area (Å²) in [5.41, 5.74) is 5.85. The summed E-state index contributed by atoms with van der Waals surface area (Å²) in [4.78, 5) is 1.79. The Bertz CT molecular complexity index is 375. The minimum atomic E-state index is -0.817. The monoisotopic (exact) mass is 212 g/mol. The molecule has 1 fully saturated rings. The van der Waals surface area contributed by atoms with Crippen molar-refractivity contribution in [3.05, 3.63) is 29.3 Å². The lowest BCUT2D eigenvalue weighted by Crippen LogP contribution is -2.21. The van der Waals surface area contributed by atoms with E-state index >= 15 is 0 Å². The van der Waals surface area contributed by atoms with Gasteiger partial charge >= 0.3 is 0 Å². The minimum Gasteiger partial charge on any atom is -0.369 e. The summed E-state index contributed by atoms with van der Waals surface area (Å²) in [6, 6.07) is 3.51. The van der Waals surface area contributed by atoms with Crippen LogP contribution in [0.2, 0.25) is 0 Å². The van der Waals surface area contributed by atoms with Gasteiger partial charge in [-0.15, -0.1) is 0 Å². The zero-order valence-corrected chi connectivity index (χ0v) is 8.63. The van der Waals surface area contributed by atoms with Crippen molar-refractivity contribution in [3.8, 4) is 0 Å². The third kappa shape index (κ3) is 1.81. The second-order valence-electron chi connectivity index (χ2n) is 3.92. The maximum absolute atomic E-state index is 13.6. The third-order valence-corrected chi connectivity index (χ3v) is 2.84. The molecule has 1 aliphatic rings. The molecule has 1 saturated carbocycles. The first-order valence-corrected chi connectivity index (χ1v) is 5.05. The quantitative estimate of drug-likeness (QED) is 0.830. The van der Waals surface area contributed by atoms with Crippen LogP contribution in [0.5, 0.6) is 0 Å². The van der Waals surface area contributed by atoms with Crippen LogP contribution in [0.3, 0.4) is 0 Å². The van der Waals surface area contributed by atoms with E-state index in [1.807, 2.05) is 0 Å². The van der Waals surface area contributed by atoms with E-state index in [2.05, 4.69) is 0 Å². The molecule has 0 heterocycles. The smallest absolute Gasteiger partial charge is 0.182 e. The Morgan fingerprint density at radius 2 is 2.00 bits per heavy atom. The molecule has 0 aliphatic heterocycles. The van der Waals surface area contributed by atoms with Gasteiger partial charge in [0.15, 0.2) is 11.6 Å². The molecule has 15 heavy (non-hydrogen) atoms. The predicted octanol–water partition coefficient (Wildman–Crippen LogP) is 2.02. The highest BCUT2D eigenvalue weighted by atomic mass is 19.2. The molecule has 0 spiro atoms. The van der Waals surface area contributed by atoms with Crippen molar-refractivity contribution in [1.82, 2.24) is 0 Å². The number of nitrogens with two attached hydrogens (primary N) is 1. The van der Waals surface area contributed by atoms with Crippen LogP contribution in [-0.4, -0.2) is 13.1 Å². The fourth-order valence-corrected chi connectivity index (χ4v) is 1.67. The molecule has 2 nitrogen and oxygen atoms in total. The summed E-state index contributed by atoms with van der Waals surface area (Å²) in [6.07, 6.45) is 2.10. The van der Waals surface area contributed by atoms with Gasteiger partial charge in [0.05, 0.1) is 5.69 Å². The highest BCUT2D eigenvalue weighted by molar-refractivity contribution is 5.51. The average molecular weight is 212 g/mol. The van der Waals surface area contributed by atoms with Crippen LogP contribution in [0.25, 0.3) is 0 Å². The highest BCUT2D eigenvalue weighted by Gasteiger charge is 2.28. The van der Waals surface area contributed by atoms with Crippen molar-refractivity contribution in [2.45, 2.75) is 25.4 Å². The summed E-state index contributed by atoms with van der Waals surface area (Å²) in [6.45, 7) is 0.0240. The van der Waals surface area contributed by atoms with Gasteiger partial charge in [0.25, 0.3) is 0 Å². The topological polar surface area (TPSA) is 29.3 Å². The van der Waals surface area contributed by atoms with Gasteiger partial charge in [0, 0.05) is 25.2 Å². The molecule has 82 valence electrons. The van der Waals surface area contributed by atoms with Crippen LogP contribution in [0.15, 0.2) is 12.1 Å². The van der Waals surface area contributed by atoms with Gasteiger partial charge in [-0.25, -0.2) is 8.78 Å². The van der Waals surface area contributed by atoms with E-state index in [1.165, 1.54) is 0 Å². The van der Waals surface area contributed by atoms with Gasteiger partial charge in [-0.2, -0.15) is 0 Å². The van der Waals surface area contributed by atoms with E-state index in [0.29, 0.717) is 11.7 Å². The zero-order valence-electron chi connectivity index (χ0n) is 8.63. The lowest BCUT2D eigenvalue weighted by atomic mass is 10.1. The zero-order chi connectivity index (χ0) is 11.0. The van der Waals surface area contributed by atoms with Crippen molar-refractivity contribution >= 4 is 5.69 Å². The summed E-state index contributed by atoms with van der Waals surface area (Å²) in [5, 5.41) is 0. The Labute approximate surface area is 87.7 Å². The third-order valence-electron chi connectivity index (χ3n) is 2.84. The first-order valence-electron chi connectivity index (χ1n) is 5.05. The van der Waals surface area contributed by atoms with Gasteiger partial charge in [0.1, 0.15) is 0 Å². The molecule has 0 saturated heterocycles. The van der Waals surface area contributed by atoms with Crippen LogP contribution in [0, 0.1) is 11.6 Å². The summed E-state index contributed by atoms with van der Waals surface area (Å²) in [5.74, 6) is -1.60. The SMILES string of the molecule is CN(c1ccc(CN)c(F)c1F)C1CC1. The Kier molecular flexibility index (Phi) is 2.61. The molecule has 1 aromatic carbocycles. The van der Waals surface area contributed by atoms with E-state index in [1.54, 1.807) is 24.1 Å². The minimum absolute atomic E-state index is 0.0240. The van der Waals surface area contributed by atoms with Crippen molar-refractivity contribution in [3.63, 3.8) is 0 Å². The first kappa shape index (κ1) is 10.4. The maximum Gasteiger partial charge on any atom is 0.182 e. The van der Waals surface area contributed by atoms with Crippen molar-refractivity contribution < 1.29 is 8.78 Å². The molecule has 2 N–H and O–H groups in total. The van der Waals surface area contributed by atoms with E-state index in [0.717, 1.165) is 12.8 Å². The van der Waals surface area contributed by atoms with Gasteiger partial charge in [0.2, 0.25) is 0 Å². The normalized spacial score (nSPS) is 15.5. The molecule has 0 amide bonds. The summed E-state index contributed by atoms with van der Waals surface area (Å²) >= 11 is 0. The van der Waals surface area contributed by atoms with Crippen molar-refractivity contribution in [2.24, 2.45) is 5.73 Å². The average Bonchev–Trinajstić information content (AvgIpc) is 3.04. The molecule has 0 atom stereocenters. The fraction of sp³-hybridized carbons (Fsp3) is 0.455. The lowest BCUT2D eigenvalue weighted by molar-refractivity contribution is 0.498. The summed E-state index contributed by atoms with van der Waals surface area (Å²) in [7, 11) is 1.79. The summed E-state index contributed by atoms with van der Waals surface area (Å²) < 4.78 is 27.0. The molecule has 1 aromatic rings. The van der Waals surface area contributed by atoms with E-state index < -0.39 is 11.6 Å². The van der Waals surface area contributed by atoms with Crippen LogP contribution in [-0.2, 0) is 6.54 Å². The Morgan fingerprint density at radius 1 is 1.33 bits per heavy atom. The molecule has 0 unspecified atom stereocenters. The molecule has 2 rings (SSSR count). The fourth-order valence-electron chi connectivity index (χ4n) is 1.67. The second-order valence-corrected chi connectivity index (χ2v) is 3.92. The van der Waals surface area contributed by atoms with Gasteiger partial charge in [-0.3, -0.25) is 0 Å². The highest BCUT2D eigenvalue weighted by Crippen LogP contribution is 2.32. The Morgan fingerprint density at radius 3 is 2.53 bits per heavy atom. The van der Waals surface area contributed by atoms with Gasteiger partial charge < -0.3 is 10.6 Å². The molecule has 0 aromatic heterocycles. The number of rotatable bonds is 3. The number of hydrogen-bond acceptors (Lipinski definition) is 2. The second kappa shape index (κ2) is 3.77. The molecule has 0 bridgehead atoms. The molecular formula is C11H14F2N2. The Balaban J connectivity index is 2.36. The number of halogens is 2. The van der Waals surface area contributed by atoms with Gasteiger partial charge in [-0.05, 0) is 18.9 Å². The van der Waals surface area contributed by atoms with Crippen LogP contribution >= 0.6 is 0 Å². The van der Waals surface area contributed by atoms with E-state index in [-0.39, 0.29) is 12.1 Å². The maximum atomic E-state index is 13.6. The van der Waals surface area contributed by atoms with Crippen LogP contribution in [0.1, 0.15) is 18.4 Å². The Hall–Kier alpha value is -1.16. The number of benzene rings is 1. The van der Waals surface area contributed by atoms with E-state index in [9.17, 15) is 8.78 Å². The number of nitrogens with zero attached hydrogens (tertiary/aromatic N) is 1. The predicted molar refractivity (Wildman–Crippen MR) is 55.7 cm³/mol. The molecule has 4 heteroatoms. The largest absolute Gasteiger partial charge is 0.369 e. The molecular weight excluding hydrogens is 198 g/mol. The molecule has 0 radical (unpaired) electrons. The standard InChI is InChI=1S/C11H14F2N2/c1-15(8-3-4-8)9-5-2-7(6-14)10(12)11(9)13/h2,5,8H,3-4,6,14H2,1H3. The van der Waals surface area contributed by atoms with Gasteiger partial charge in [-0.1, -0.05) is 6.07 Å². The number of anilines is 1.